The van der Waals surface area contributed by atoms with Gasteiger partial charge in [-0.05, 0) is 25.0 Å². The Morgan fingerprint density at radius 1 is 1.43 bits per heavy atom. The van der Waals surface area contributed by atoms with E-state index in [2.05, 4.69) is 18.8 Å². The fourth-order valence-electron chi connectivity index (χ4n) is 1.75. The second-order valence-electron chi connectivity index (χ2n) is 3.53. The second kappa shape index (κ2) is 4.76. The van der Waals surface area contributed by atoms with Gasteiger partial charge in [0, 0.05) is 18.2 Å². The molecule has 1 rings (SSSR count). The number of halogens is 1. The third kappa shape index (κ3) is 1.91. The lowest BCUT2D eigenvalue weighted by molar-refractivity contribution is 0.395. The van der Waals surface area contributed by atoms with Crippen LogP contribution in [0, 0.1) is 0 Å². The maximum absolute atomic E-state index is 6.13. The summed E-state index contributed by atoms with van der Waals surface area (Å²) in [6, 6.07) is 3.72. The van der Waals surface area contributed by atoms with Gasteiger partial charge >= 0.3 is 0 Å². The SMILES string of the molecule is CCC(CC)(CN)c1ncccc1Cl. The van der Waals surface area contributed by atoms with Crippen molar-refractivity contribution >= 4 is 11.6 Å². The molecular weight excluding hydrogens is 196 g/mol. The van der Waals surface area contributed by atoms with Crippen molar-refractivity contribution in [3.63, 3.8) is 0 Å². The van der Waals surface area contributed by atoms with Crippen LogP contribution in [0.1, 0.15) is 32.4 Å². The highest BCUT2D eigenvalue weighted by atomic mass is 35.5. The first-order chi connectivity index (χ1) is 6.70. The summed E-state index contributed by atoms with van der Waals surface area (Å²) >= 11 is 6.13. The molecule has 0 aromatic carbocycles. The van der Waals surface area contributed by atoms with Gasteiger partial charge in [-0.3, -0.25) is 4.98 Å². The fourth-order valence-corrected chi connectivity index (χ4v) is 2.07. The molecular formula is C11H17ClN2. The van der Waals surface area contributed by atoms with E-state index in [4.69, 9.17) is 17.3 Å². The minimum absolute atomic E-state index is 0.0572. The topological polar surface area (TPSA) is 38.9 Å². The first kappa shape index (κ1) is 11.5. The van der Waals surface area contributed by atoms with Crippen LogP contribution in [0.15, 0.2) is 18.3 Å². The van der Waals surface area contributed by atoms with Crippen LogP contribution >= 0.6 is 11.6 Å². The largest absolute Gasteiger partial charge is 0.330 e. The molecule has 1 aromatic heterocycles. The van der Waals surface area contributed by atoms with Crippen molar-refractivity contribution < 1.29 is 0 Å². The lowest BCUT2D eigenvalue weighted by Crippen LogP contribution is -2.35. The second-order valence-corrected chi connectivity index (χ2v) is 3.93. The Bertz CT molecular complexity index is 287. The summed E-state index contributed by atoms with van der Waals surface area (Å²) in [6.45, 7) is 4.85. The molecule has 0 aliphatic rings. The molecule has 0 saturated heterocycles. The Hall–Kier alpha value is -0.600. The Morgan fingerprint density at radius 2 is 2.07 bits per heavy atom. The maximum Gasteiger partial charge on any atom is 0.0663 e. The molecule has 0 spiro atoms. The zero-order valence-corrected chi connectivity index (χ0v) is 9.51. The standard InChI is InChI=1S/C11H17ClN2/c1-3-11(4-2,8-13)10-9(12)6-5-7-14-10/h5-7H,3-4,8,13H2,1-2H3. The molecule has 0 saturated carbocycles. The molecule has 2 N–H and O–H groups in total. The predicted molar refractivity (Wildman–Crippen MR) is 60.6 cm³/mol. The van der Waals surface area contributed by atoms with Gasteiger partial charge in [-0.15, -0.1) is 0 Å². The Kier molecular flexibility index (Phi) is 3.90. The lowest BCUT2D eigenvalue weighted by Gasteiger charge is -2.30. The summed E-state index contributed by atoms with van der Waals surface area (Å²) in [5.74, 6) is 0. The molecule has 14 heavy (non-hydrogen) atoms. The van der Waals surface area contributed by atoms with E-state index in [9.17, 15) is 0 Å². The molecule has 0 aliphatic heterocycles. The van der Waals surface area contributed by atoms with Gasteiger partial charge in [0.2, 0.25) is 0 Å². The molecule has 0 bridgehead atoms. The molecule has 0 amide bonds. The molecule has 78 valence electrons. The van der Waals surface area contributed by atoms with E-state index in [1.807, 2.05) is 12.1 Å². The number of hydrogen-bond donors (Lipinski definition) is 1. The van der Waals surface area contributed by atoms with Gasteiger partial charge in [0.15, 0.2) is 0 Å². The van der Waals surface area contributed by atoms with Crippen LogP contribution in [-0.2, 0) is 5.41 Å². The van der Waals surface area contributed by atoms with Crippen LogP contribution in [0.4, 0.5) is 0 Å². The van der Waals surface area contributed by atoms with Crippen molar-refractivity contribution in [2.24, 2.45) is 5.73 Å². The van der Waals surface area contributed by atoms with Crippen molar-refractivity contribution in [1.82, 2.24) is 4.98 Å². The van der Waals surface area contributed by atoms with Gasteiger partial charge in [0.05, 0.1) is 10.7 Å². The number of nitrogens with zero attached hydrogens (tertiary/aromatic N) is 1. The Labute approximate surface area is 90.5 Å². The van der Waals surface area contributed by atoms with Crippen LogP contribution in [0.2, 0.25) is 5.02 Å². The van der Waals surface area contributed by atoms with E-state index in [1.54, 1.807) is 6.20 Å². The van der Waals surface area contributed by atoms with Crippen molar-refractivity contribution in [3.8, 4) is 0 Å². The first-order valence-electron chi connectivity index (χ1n) is 5.01. The van der Waals surface area contributed by atoms with Crippen LogP contribution in [0.5, 0.6) is 0 Å². The average Bonchev–Trinajstić information content (AvgIpc) is 2.24. The summed E-state index contributed by atoms with van der Waals surface area (Å²) in [4.78, 5) is 4.35. The maximum atomic E-state index is 6.13. The third-order valence-corrected chi connectivity index (χ3v) is 3.31. The van der Waals surface area contributed by atoms with Crippen LogP contribution in [0.25, 0.3) is 0 Å². The monoisotopic (exact) mass is 212 g/mol. The number of hydrogen-bond acceptors (Lipinski definition) is 2. The van der Waals surface area contributed by atoms with Crippen molar-refractivity contribution in [2.75, 3.05) is 6.54 Å². The smallest absolute Gasteiger partial charge is 0.0663 e. The molecule has 0 radical (unpaired) electrons. The lowest BCUT2D eigenvalue weighted by atomic mass is 9.79. The van der Waals surface area contributed by atoms with Gasteiger partial charge < -0.3 is 5.73 Å². The molecule has 0 unspecified atom stereocenters. The highest BCUT2D eigenvalue weighted by molar-refractivity contribution is 6.31. The highest BCUT2D eigenvalue weighted by Gasteiger charge is 2.30. The van der Waals surface area contributed by atoms with E-state index in [1.165, 1.54) is 0 Å². The number of rotatable bonds is 4. The van der Waals surface area contributed by atoms with Crippen LogP contribution in [0.3, 0.4) is 0 Å². The fraction of sp³-hybridized carbons (Fsp3) is 0.545. The minimum atomic E-state index is -0.0572. The summed E-state index contributed by atoms with van der Waals surface area (Å²) in [7, 11) is 0. The van der Waals surface area contributed by atoms with Gasteiger partial charge in [-0.1, -0.05) is 25.4 Å². The van der Waals surface area contributed by atoms with Crippen LogP contribution < -0.4 is 5.73 Å². The van der Waals surface area contributed by atoms with E-state index >= 15 is 0 Å². The van der Waals surface area contributed by atoms with E-state index in [0.29, 0.717) is 6.54 Å². The summed E-state index contributed by atoms with van der Waals surface area (Å²) in [5.41, 5.74) is 6.71. The van der Waals surface area contributed by atoms with E-state index in [0.717, 1.165) is 23.6 Å². The molecule has 0 aliphatic carbocycles. The molecule has 3 heteroatoms. The number of aromatic nitrogens is 1. The predicted octanol–water partition coefficient (Wildman–Crippen LogP) is 2.75. The van der Waals surface area contributed by atoms with E-state index < -0.39 is 0 Å². The Balaban J connectivity index is 3.17. The first-order valence-corrected chi connectivity index (χ1v) is 5.39. The summed E-state index contributed by atoms with van der Waals surface area (Å²) in [5, 5.41) is 0.724. The van der Waals surface area contributed by atoms with E-state index in [-0.39, 0.29) is 5.41 Å². The molecule has 1 aromatic rings. The van der Waals surface area contributed by atoms with Gasteiger partial charge in [0.1, 0.15) is 0 Å². The highest BCUT2D eigenvalue weighted by Crippen LogP contribution is 2.33. The minimum Gasteiger partial charge on any atom is -0.330 e. The summed E-state index contributed by atoms with van der Waals surface area (Å²) in [6.07, 6.45) is 3.71. The van der Waals surface area contributed by atoms with Gasteiger partial charge in [0.25, 0.3) is 0 Å². The van der Waals surface area contributed by atoms with Crippen molar-refractivity contribution in [1.29, 1.82) is 0 Å². The van der Waals surface area contributed by atoms with Crippen molar-refractivity contribution in [3.05, 3.63) is 29.0 Å². The van der Waals surface area contributed by atoms with Gasteiger partial charge in [-0.25, -0.2) is 0 Å². The third-order valence-electron chi connectivity index (χ3n) is 3.01. The quantitative estimate of drug-likeness (QED) is 0.834. The number of pyridine rings is 1. The van der Waals surface area contributed by atoms with Crippen LogP contribution in [-0.4, -0.2) is 11.5 Å². The normalized spacial score (nSPS) is 11.7. The van der Waals surface area contributed by atoms with Gasteiger partial charge in [-0.2, -0.15) is 0 Å². The molecule has 2 nitrogen and oxygen atoms in total. The zero-order valence-electron chi connectivity index (χ0n) is 8.76. The zero-order chi connectivity index (χ0) is 10.6. The molecule has 0 fully saturated rings. The summed E-state index contributed by atoms with van der Waals surface area (Å²) < 4.78 is 0. The molecule has 0 atom stereocenters. The number of nitrogens with two attached hydrogens (primary N) is 1. The average molecular weight is 213 g/mol. The van der Waals surface area contributed by atoms with Crippen molar-refractivity contribution in [2.45, 2.75) is 32.1 Å². The molecule has 1 heterocycles. The Morgan fingerprint density at radius 3 is 2.50 bits per heavy atom.